The first-order chi connectivity index (χ1) is 13.3. The Morgan fingerprint density at radius 2 is 1.89 bits per heavy atom. The predicted molar refractivity (Wildman–Crippen MR) is 110 cm³/mol. The van der Waals surface area contributed by atoms with Crippen molar-refractivity contribution >= 4 is 23.5 Å². The molecule has 3 aromatic rings. The van der Waals surface area contributed by atoms with Crippen LogP contribution < -0.4 is 4.74 Å². The second-order valence-electron chi connectivity index (χ2n) is 6.83. The van der Waals surface area contributed by atoms with Crippen molar-refractivity contribution in [2.75, 3.05) is 0 Å². The number of aromatic nitrogens is 2. The molecular formula is C22H23ClN2O3. The fraction of sp³-hybridized carbons (Fsp3) is 0.273. The summed E-state index contributed by atoms with van der Waals surface area (Å²) in [4.78, 5) is 12.5. The number of hydrogen-bond donors (Lipinski definition) is 0. The van der Waals surface area contributed by atoms with Gasteiger partial charge >= 0.3 is 0 Å². The smallest absolute Gasteiger partial charge is 0.189 e. The van der Waals surface area contributed by atoms with E-state index in [9.17, 15) is 4.79 Å². The number of carbonyl (C=O) groups excluding carboxylic acids is 1. The summed E-state index contributed by atoms with van der Waals surface area (Å²) in [7, 11) is 1.82. The van der Waals surface area contributed by atoms with E-state index in [-0.39, 0.29) is 5.78 Å². The molecule has 0 N–H and O–H groups in total. The zero-order valence-corrected chi connectivity index (χ0v) is 17.4. The van der Waals surface area contributed by atoms with Crippen LogP contribution in [0.5, 0.6) is 5.75 Å². The topological polar surface area (TPSA) is 57.3 Å². The summed E-state index contributed by atoms with van der Waals surface area (Å²) >= 11 is 6.18. The predicted octanol–water partition coefficient (Wildman–Crippen LogP) is 5.38. The number of aryl methyl sites for hydroxylation is 4. The standard InChI is InChI=1S/C22H23ClN2O3/c1-13-10-19(11-14(2)22(13)23)27-12-18-7-6-17(28-18)8-9-20(26)21-15(3)24-25(5)16(21)4/h6-11H,12H2,1-5H3/b9-8+. The highest BCUT2D eigenvalue weighted by Gasteiger charge is 2.15. The lowest BCUT2D eigenvalue weighted by molar-refractivity contribution is 0.104. The summed E-state index contributed by atoms with van der Waals surface area (Å²) in [5.41, 5.74) is 4.13. The molecule has 2 aromatic heterocycles. The van der Waals surface area contributed by atoms with Crippen LogP contribution in [0.15, 0.2) is 34.8 Å². The number of carbonyl (C=O) groups is 1. The van der Waals surface area contributed by atoms with Gasteiger partial charge in [-0.15, -0.1) is 0 Å². The molecule has 0 bridgehead atoms. The maximum absolute atomic E-state index is 12.5. The monoisotopic (exact) mass is 398 g/mol. The molecule has 0 unspecified atom stereocenters. The summed E-state index contributed by atoms with van der Waals surface area (Å²) in [6, 6.07) is 7.44. The molecule has 146 valence electrons. The molecule has 5 nitrogen and oxygen atoms in total. The van der Waals surface area contributed by atoms with Crippen molar-refractivity contribution in [3.63, 3.8) is 0 Å². The van der Waals surface area contributed by atoms with Crippen LogP contribution in [-0.4, -0.2) is 15.6 Å². The fourth-order valence-corrected chi connectivity index (χ4v) is 3.19. The Morgan fingerprint density at radius 3 is 2.50 bits per heavy atom. The molecule has 0 radical (unpaired) electrons. The molecule has 28 heavy (non-hydrogen) atoms. The van der Waals surface area contributed by atoms with Crippen molar-refractivity contribution in [3.8, 4) is 5.75 Å². The minimum atomic E-state index is -0.0931. The zero-order valence-electron chi connectivity index (χ0n) is 16.7. The molecule has 0 aliphatic carbocycles. The van der Waals surface area contributed by atoms with Gasteiger partial charge in [0.25, 0.3) is 0 Å². The largest absolute Gasteiger partial charge is 0.486 e. The number of halogens is 1. The van der Waals surface area contributed by atoms with Crippen LogP contribution in [0.2, 0.25) is 5.02 Å². The maximum atomic E-state index is 12.5. The Labute approximate surface area is 169 Å². The molecule has 2 heterocycles. The number of hydrogen-bond acceptors (Lipinski definition) is 4. The van der Waals surface area contributed by atoms with Crippen LogP contribution >= 0.6 is 11.6 Å². The van der Waals surface area contributed by atoms with Crippen molar-refractivity contribution in [1.82, 2.24) is 9.78 Å². The molecule has 0 saturated heterocycles. The van der Waals surface area contributed by atoms with Crippen LogP contribution in [-0.2, 0) is 13.7 Å². The lowest BCUT2D eigenvalue weighted by Crippen LogP contribution is -1.99. The third-order valence-electron chi connectivity index (χ3n) is 4.63. The van der Waals surface area contributed by atoms with Crippen LogP contribution in [0.3, 0.4) is 0 Å². The first-order valence-electron chi connectivity index (χ1n) is 8.97. The van der Waals surface area contributed by atoms with Gasteiger partial charge in [-0.1, -0.05) is 11.6 Å². The minimum Gasteiger partial charge on any atom is -0.486 e. The summed E-state index contributed by atoms with van der Waals surface area (Å²) in [5, 5.41) is 5.03. The van der Waals surface area contributed by atoms with Crippen molar-refractivity contribution < 1.29 is 13.9 Å². The molecular weight excluding hydrogens is 376 g/mol. The quantitative estimate of drug-likeness (QED) is 0.413. The summed E-state index contributed by atoms with van der Waals surface area (Å²) in [5.74, 6) is 1.91. The van der Waals surface area contributed by atoms with Gasteiger partial charge in [0, 0.05) is 17.8 Å². The molecule has 0 aliphatic rings. The van der Waals surface area contributed by atoms with E-state index in [2.05, 4.69) is 5.10 Å². The molecule has 6 heteroatoms. The van der Waals surface area contributed by atoms with Crippen LogP contribution in [0.25, 0.3) is 6.08 Å². The van der Waals surface area contributed by atoms with Gasteiger partial charge in [-0.3, -0.25) is 9.48 Å². The van der Waals surface area contributed by atoms with E-state index in [4.69, 9.17) is 20.8 Å². The Balaban J connectivity index is 1.65. The van der Waals surface area contributed by atoms with Crippen molar-refractivity contribution in [2.45, 2.75) is 34.3 Å². The van der Waals surface area contributed by atoms with Crippen molar-refractivity contribution in [3.05, 3.63) is 75.0 Å². The summed E-state index contributed by atoms with van der Waals surface area (Å²) in [6.45, 7) is 7.89. The molecule has 0 atom stereocenters. The number of allylic oxidation sites excluding steroid dienone is 1. The van der Waals surface area contributed by atoms with Gasteiger partial charge in [-0.2, -0.15) is 5.10 Å². The van der Waals surface area contributed by atoms with Gasteiger partial charge in [0.1, 0.15) is 23.9 Å². The van der Waals surface area contributed by atoms with E-state index in [1.807, 2.05) is 59.0 Å². The first-order valence-corrected chi connectivity index (χ1v) is 9.35. The maximum Gasteiger partial charge on any atom is 0.189 e. The highest BCUT2D eigenvalue weighted by molar-refractivity contribution is 6.32. The number of furan rings is 1. The Morgan fingerprint density at radius 1 is 1.21 bits per heavy atom. The zero-order chi connectivity index (χ0) is 20.4. The lowest BCUT2D eigenvalue weighted by Gasteiger charge is -2.08. The average molecular weight is 399 g/mol. The third kappa shape index (κ3) is 4.20. The first kappa shape index (κ1) is 20.0. The Bertz CT molecular complexity index is 1040. The van der Waals surface area contributed by atoms with E-state index in [1.54, 1.807) is 10.8 Å². The molecule has 3 rings (SSSR count). The van der Waals surface area contributed by atoms with Gasteiger partial charge in [0.15, 0.2) is 5.78 Å². The molecule has 0 fully saturated rings. The van der Waals surface area contributed by atoms with Gasteiger partial charge in [-0.25, -0.2) is 0 Å². The summed E-state index contributed by atoms with van der Waals surface area (Å²) < 4.78 is 13.2. The van der Waals surface area contributed by atoms with Gasteiger partial charge in [-0.05, 0) is 75.2 Å². The number of rotatable bonds is 6. The summed E-state index contributed by atoms with van der Waals surface area (Å²) in [6.07, 6.45) is 3.17. The Kier molecular flexibility index (Phi) is 5.75. The average Bonchev–Trinajstić information content (AvgIpc) is 3.20. The molecule has 1 aromatic carbocycles. The van der Waals surface area contributed by atoms with Crippen LogP contribution in [0.1, 0.15) is 44.4 Å². The normalized spacial score (nSPS) is 11.4. The third-order valence-corrected chi connectivity index (χ3v) is 5.22. The van der Waals surface area contributed by atoms with E-state index in [1.165, 1.54) is 6.08 Å². The second kappa shape index (κ2) is 8.07. The SMILES string of the molecule is Cc1cc(OCc2ccc(/C=C/C(=O)c3c(C)nn(C)c3C)o2)cc(C)c1Cl. The van der Waals surface area contributed by atoms with Crippen molar-refractivity contribution in [1.29, 1.82) is 0 Å². The molecule has 0 saturated carbocycles. The molecule has 0 spiro atoms. The fourth-order valence-electron chi connectivity index (χ4n) is 3.08. The minimum absolute atomic E-state index is 0.0931. The molecule has 0 aliphatic heterocycles. The second-order valence-corrected chi connectivity index (χ2v) is 7.21. The lowest BCUT2D eigenvalue weighted by atomic mass is 10.1. The van der Waals surface area contributed by atoms with E-state index >= 15 is 0 Å². The van der Waals surface area contributed by atoms with E-state index < -0.39 is 0 Å². The molecule has 0 amide bonds. The number of benzene rings is 1. The van der Waals surface area contributed by atoms with Crippen molar-refractivity contribution in [2.24, 2.45) is 7.05 Å². The van der Waals surface area contributed by atoms with Gasteiger partial charge in [0.05, 0.1) is 11.3 Å². The Hall–Kier alpha value is -2.79. The van der Waals surface area contributed by atoms with E-state index in [0.717, 1.165) is 33.3 Å². The number of nitrogens with zero attached hydrogens (tertiary/aromatic N) is 2. The van der Waals surface area contributed by atoms with E-state index in [0.29, 0.717) is 23.7 Å². The number of ether oxygens (including phenoxy) is 1. The highest BCUT2D eigenvalue weighted by atomic mass is 35.5. The van der Waals surface area contributed by atoms with Gasteiger partial charge in [0.2, 0.25) is 0 Å². The van der Waals surface area contributed by atoms with Crippen LogP contribution in [0.4, 0.5) is 0 Å². The highest BCUT2D eigenvalue weighted by Crippen LogP contribution is 2.26. The number of ketones is 1. The van der Waals surface area contributed by atoms with Crippen LogP contribution in [0, 0.1) is 27.7 Å². The van der Waals surface area contributed by atoms with Gasteiger partial charge < -0.3 is 9.15 Å².